The zero-order valence-electron chi connectivity index (χ0n) is 11.5. The normalized spacial score (nSPS) is 10.5. The van der Waals surface area contributed by atoms with Crippen LogP contribution in [0.2, 0.25) is 0 Å². The number of phenols is 2. The molecule has 0 amide bonds. The number of carboxylic acids is 4. The van der Waals surface area contributed by atoms with E-state index in [1.807, 2.05) is 0 Å². The van der Waals surface area contributed by atoms with Crippen LogP contribution in [0.1, 0.15) is 41.4 Å². The van der Waals surface area contributed by atoms with Gasteiger partial charge in [0.25, 0.3) is 0 Å². The van der Waals surface area contributed by atoms with E-state index < -0.39 is 68.4 Å². The fourth-order valence-corrected chi connectivity index (χ4v) is 2.30. The Hall–Kier alpha value is -3.82. The molecule has 0 unspecified atom stereocenters. The second-order valence-electron chi connectivity index (χ2n) is 4.61. The van der Waals surface area contributed by atoms with Crippen molar-refractivity contribution in [3.05, 3.63) is 34.4 Å². The predicted octanol–water partition coefficient (Wildman–Crippen LogP) is 1.04. The molecule has 0 aromatic heterocycles. The van der Waals surface area contributed by atoms with E-state index in [2.05, 4.69) is 0 Å². The van der Waals surface area contributed by atoms with E-state index in [9.17, 15) is 39.6 Å². The van der Waals surface area contributed by atoms with Crippen molar-refractivity contribution < 1.29 is 49.8 Å². The molecule has 0 saturated heterocycles. The average molecular weight is 336 g/mol. The Morgan fingerprint density at radius 1 is 0.625 bits per heavy atom. The second-order valence-corrected chi connectivity index (χ2v) is 4.61. The molecule has 0 saturated carbocycles. The molecule has 124 valence electrons. The summed E-state index contributed by atoms with van der Waals surface area (Å²) in [7, 11) is 0. The number of hydrogen-bond acceptors (Lipinski definition) is 6. The van der Waals surface area contributed by atoms with Crippen molar-refractivity contribution in [1.82, 2.24) is 0 Å². The molecule has 10 nitrogen and oxygen atoms in total. The van der Waals surface area contributed by atoms with Gasteiger partial charge < -0.3 is 30.6 Å². The molecule has 6 N–H and O–H groups in total. The molecule has 10 heteroatoms. The number of aromatic carboxylic acids is 4. The van der Waals surface area contributed by atoms with E-state index in [-0.39, 0.29) is 0 Å². The third-order valence-corrected chi connectivity index (χ3v) is 3.26. The smallest absolute Gasteiger partial charge is 0.340 e. The quantitative estimate of drug-likeness (QED) is 0.470. The summed E-state index contributed by atoms with van der Waals surface area (Å²) in [4.78, 5) is 45.0. The predicted molar refractivity (Wildman–Crippen MR) is 75.1 cm³/mol. The summed E-state index contributed by atoms with van der Waals surface area (Å²) in [6.45, 7) is 0. The Kier molecular flexibility index (Phi) is 3.74. The molecule has 0 aliphatic rings. The number of carboxylic acid groups (broad SMARTS) is 4. The van der Waals surface area contributed by atoms with Gasteiger partial charge in [-0.25, -0.2) is 19.2 Å². The summed E-state index contributed by atoms with van der Waals surface area (Å²) in [5, 5.41) is 55.0. The lowest BCUT2D eigenvalue weighted by molar-refractivity contribution is 0.0675. The van der Waals surface area contributed by atoms with Crippen LogP contribution in [0.3, 0.4) is 0 Å². The van der Waals surface area contributed by atoms with Crippen molar-refractivity contribution in [2.24, 2.45) is 0 Å². The molecular formula is C14H8O10. The van der Waals surface area contributed by atoms with Gasteiger partial charge in [-0.3, -0.25) is 0 Å². The van der Waals surface area contributed by atoms with Crippen LogP contribution < -0.4 is 0 Å². The maximum atomic E-state index is 11.4. The minimum atomic E-state index is -1.86. The monoisotopic (exact) mass is 336 g/mol. The Morgan fingerprint density at radius 2 is 0.958 bits per heavy atom. The number of benzene rings is 2. The minimum Gasteiger partial charge on any atom is -0.506 e. The fraction of sp³-hybridized carbons (Fsp3) is 0. The van der Waals surface area contributed by atoms with Gasteiger partial charge in [0.15, 0.2) is 0 Å². The standard InChI is InChI=1S/C14H8O10/c15-9-4(11(17)18)1-3-2-5(12(19)20)10(16)8(14(23)24)6(3)7(9)13(21)22/h1-2,15-16H,(H,17,18)(H,19,20)(H,21,22)(H,23,24). The molecule has 2 aromatic rings. The van der Waals surface area contributed by atoms with Gasteiger partial charge in [-0.15, -0.1) is 0 Å². The highest BCUT2D eigenvalue weighted by Gasteiger charge is 2.30. The summed E-state index contributed by atoms with van der Waals surface area (Å²) >= 11 is 0. The summed E-state index contributed by atoms with van der Waals surface area (Å²) in [5.74, 6) is -9.56. The molecule has 0 fully saturated rings. The third-order valence-electron chi connectivity index (χ3n) is 3.26. The van der Waals surface area contributed by atoms with Crippen LogP contribution in [0.25, 0.3) is 10.8 Å². The lowest BCUT2D eigenvalue weighted by atomic mass is 9.92. The molecule has 24 heavy (non-hydrogen) atoms. The number of aromatic hydroxyl groups is 2. The van der Waals surface area contributed by atoms with Crippen LogP contribution >= 0.6 is 0 Å². The first-order chi connectivity index (χ1) is 11.1. The summed E-state index contributed by atoms with van der Waals surface area (Å²) in [6, 6.07) is 1.44. The Labute approximate surface area is 131 Å². The molecule has 2 aromatic carbocycles. The van der Waals surface area contributed by atoms with E-state index in [1.54, 1.807) is 0 Å². The van der Waals surface area contributed by atoms with Crippen molar-refractivity contribution in [3.63, 3.8) is 0 Å². The molecule has 0 bridgehead atoms. The number of rotatable bonds is 4. The first-order valence-corrected chi connectivity index (χ1v) is 6.06. The Balaban J connectivity index is 3.22. The molecule has 0 aliphatic carbocycles. The molecule has 0 atom stereocenters. The molecule has 0 spiro atoms. The van der Waals surface area contributed by atoms with E-state index in [1.165, 1.54) is 0 Å². The highest BCUT2D eigenvalue weighted by molar-refractivity contribution is 6.19. The second kappa shape index (κ2) is 5.43. The molecular weight excluding hydrogens is 328 g/mol. The maximum Gasteiger partial charge on any atom is 0.340 e. The van der Waals surface area contributed by atoms with Crippen molar-refractivity contribution >= 4 is 34.6 Å². The van der Waals surface area contributed by atoms with Gasteiger partial charge in [0.1, 0.15) is 33.8 Å². The first kappa shape index (κ1) is 16.5. The highest BCUT2D eigenvalue weighted by atomic mass is 16.4. The van der Waals surface area contributed by atoms with Crippen LogP contribution in [0.5, 0.6) is 11.5 Å². The van der Waals surface area contributed by atoms with E-state index >= 15 is 0 Å². The van der Waals surface area contributed by atoms with E-state index in [4.69, 9.17) is 10.2 Å². The summed E-state index contributed by atoms with van der Waals surface area (Å²) in [5.41, 5.74) is -3.87. The zero-order chi connectivity index (χ0) is 18.3. The van der Waals surface area contributed by atoms with Crippen LogP contribution in [0.4, 0.5) is 0 Å². The lowest BCUT2D eigenvalue weighted by Crippen LogP contribution is -2.10. The average Bonchev–Trinajstić information content (AvgIpc) is 2.44. The number of carbonyl (C=O) groups is 4. The Morgan fingerprint density at radius 3 is 1.21 bits per heavy atom. The van der Waals surface area contributed by atoms with Crippen molar-refractivity contribution in [3.8, 4) is 11.5 Å². The maximum absolute atomic E-state index is 11.4. The minimum absolute atomic E-state index is 0.393. The van der Waals surface area contributed by atoms with Crippen molar-refractivity contribution in [2.45, 2.75) is 0 Å². The van der Waals surface area contributed by atoms with Crippen molar-refractivity contribution in [1.29, 1.82) is 0 Å². The van der Waals surface area contributed by atoms with Gasteiger partial charge in [0.2, 0.25) is 0 Å². The van der Waals surface area contributed by atoms with Gasteiger partial charge in [0.05, 0.1) is 0 Å². The number of fused-ring (bicyclic) bond motifs is 1. The van der Waals surface area contributed by atoms with Gasteiger partial charge in [-0.05, 0) is 17.5 Å². The fourth-order valence-electron chi connectivity index (χ4n) is 2.30. The highest BCUT2D eigenvalue weighted by Crippen LogP contribution is 2.39. The Bertz CT molecular complexity index is 868. The first-order valence-electron chi connectivity index (χ1n) is 6.06. The molecule has 0 radical (unpaired) electrons. The van der Waals surface area contributed by atoms with E-state index in [0.29, 0.717) is 0 Å². The van der Waals surface area contributed by atoms with Crippen LogP contribution in [0, 0.1) is 0 Å². The molecule has 2 rings (SSSR count). The number of hydrogen-bond donors (Lipinski definition) is 6. The summed E-state index contributed by atoms with van der Waals surface area (Å²) in [6.07, 6.45) is 0. The van der Waals surface area contributed by atoms with Gasteiger partial charge >= 0.3 is 23.9 Å². The van der Waals surface area contributed by atoms with Gasteiger partial charge in [0, 0.05) is 5.39 Å². The largest absolute Gasteiger partial charge is 0.506 e. The molecule has 0 aliphatic heterocycles. The van der Waals surface area contributed by atoms with Crippen LogP contribution in [0.15, 0.2) is 12.1 Å². The summed E-state index contributed by atoms with van der Waals surface area (Å²) < 4.78 is 0. The van der Waals surface area contributed by atoms with Gasteiger partial charge in [-0.1, -0.05) is 0 Å². The van der Waals surface area contributed by atoms with Gasteiger partial charge in [-0.2, -0.15) is 0 Å². The SMILES string of the molecule is O=C(O)c1cc2cc(C(=O)O)c(O)c(C(=O)O)c2c(C(=O)O)c1O. The third kappa shape index (κ3) is 2.31. The van der Waals surface area contributed by atoms with E-state index in [0.717, 1.165) is 12.1 Å². The molecule has 0 heterocycles. The van der Waals surface area contributed by atoms with Crippen molar-refractivity contribution in [2.75, 3.05) is 0 Å². The lowest BCUT2D eigenvalue weighted by Gasteiger charge is -2.13. The van der Waals surface area contributed by atoms with Crippen LogP contribution in [-0.4, -0.2) is 54.5 Å². The zero-order valence-corrected chi connectivity index (χ0v) is 11.5. The topological polar surface area (TPSA) is 190 Å². The van der Waals surface area contributed by atoms with Crippen LogP contribution in [-0.2, 0) is 0 Å².